The van der Waals surface area contributed by atoms with Crippen LogP contribution in [-0.4, -0.2) is 15.3 Å². The summed E-state index contributed by atoms with van der Waals surface area (Å²) in [4.78, 5) is 0. The second kappa shape index (κ2) is 6.80. The first kappa shape index (κ1) is 16.1. The van der Waals surface area contributed by atoms with Crippen LogP contribution >= 0.6 is 34.5 Å². The summed E-state index contributed by atoms with van der Waals surface area (Å²) in [6.07, 6.45) is -0.892. The van der Waals surface area contributed by atoms with Gasteiger partial charge in [0.05, 0.1) is 5.02 Å². The van der Waals surface area contributed by atoms with Gasteiger partial charge in [0.15, 0.2) is 5.01 Å². The highest BCUT2D eigenvalue weighted by atomic mass is 35.5. The van der Waals surface area contributed by atoms with E-state index in [-0.39, 0.29) is 5.02 Å². The molecule has 1 unspecified atom stereocenters. The maximum Gasteiger partial charge on any atom is 0.210 e. The van der Waals surface area contributed by atoms with E-state index < -0.39 is 11.9 Å². The van der Waals surface area contributed by atoms with Gasteiger partial charge in [-0.15, -0.1) is 10.2 Å². The molecular weight excluding hydrogens is 360 g/mol. The molecule has 1 atom stereocenters. The topological polar surface area (TPSA) is 58.0 Å². The summed E-state index contributed by atoms with van der Waals surface area (Å²) in [6.45, 7) is 0. The molecule has 1 heterocycles. The maximum atomic E-state index is 13.1. The predicted molar refractivity (Wildman–Crippen MR) is 90.1 cm³/mol. The molecule has 0 bridgehead atoms. The number of hydrogen-bond donors (Lipinski definition) is 2. The van der Waals surface area contributed by atoms with Gasteiger partial charge in [-0.05, 0) is 35.9 Å². The molecule has 0 fully saturated rings. The Balaban J connectivity index is 1.77. The van der Waals surface area contributed by atoms with E-state index in [1.165, 1.54) is 29.5 Å². The van der Waals surface area contributed by atoms with Crippen molar-refractivity contribution in [2.45, 2.75) is 6.10 Å². The molecule has 0 aliphatic heterocycles. The first-order chi connectivity index (χ1) is 11.0. The summed E-state index contributed by atoms with van der Waals surface area (Å²) in [6, 6.07) is 11.1. The smallest absolute Gasteiger partial charge is 0.210 e. The molecular formula is C15H10Cl2FN3OS. The summed E-state index contributed by atoms with van der Waals surface area (Å²) in [7, 11) is 0. The first-order valence-corrected chi connectivity index (χ1v) is 8.09. The molecule has 1 aromatic heterocycles. The summed E-state index contributed by atoms with van der Waals surface area (Å²) < 4.78 is 13.1. The Kier molecular flexibility index (Phi) is 4.77. The molecule has 0 saturated heterocycles. The number of anilines is 2. The number of halogens is 3. The van der Waals surface area contributed by atoms with E-state index in [0.29, 0.717) is 26.4 Å². The SMILES string of the molecule is OC(c1ccc(Cl)cc1)c1nnc(Nc2ccc(F)c(Cl)c2)s1. The zero-order chi connectivity index (χ0) is 16.4. The number of rotatable bonds is 4. The quantitative estimate of drug-likeness (QED) is 0.692. The van der Waals surface area contributed by atoms with Crippen LogP contribution in [0.2, 0.25) is 10.0 Å². The highest BCUT2D eigenvalue weighted by Crippen LogP contribution is 2.30. The van der Waals surface area contributed by atoms with Gasteiger partial charge in [-0.3, -0.25) is 0 Å². The zero-order valence-electron chi connectivity index (χ0n) is 11.5. The standard InChI is InChI=1S/C15H10Cl2FN3OS/c16-9-3-1-8(2-4-9)13(22)14-20-21-15(23-14)19-10-5-6-12(18)11(17)7-10/h1-7,13,22H,(H,19,21). The maximum absolute atomic E-state index is 13.1. The van der Waals surface area contributed by atoms with Crippen LogP contribution in [0.1, 0.15) is 16.7 Å². The van der Waals surface area contributed by atoms with Gasteiger partial charge in [0.1, 0.15) is 11.9 Å². The van der Waals surface area contributed by atoms with Gasteiger partial charge in [0.25, 0.3) is 0 Å². The Hall–Kier alpha value is -1.73. The highest BCUT2D eigenvalue weighted by Gasteiger charge is 2.16. The molecule has 0 amide bonds. The van der Waals surface area contributed by atoms with Crippen LogP contribution in [0.4, 0.5) is 15.2 Å². The number of benzene rings is 2. The van der Waals surface area contributed by atoms with E-state index in [1.54, 1.807) is 24.3 Å². The van der Waals surface area contributed by atoms with E-state index in [2.05, 4.69) is 15.5 Å². The molecule has 3 rings (SSSR count). The third kappa shape index (κ3) is 3.79. The summed E-state index contributed by atoms with van der Waals surface area (Å²) in [5.41, 5.74) is 1.25. The minimum atomic E-state index is -0.892. The fourth-order valence-electron chi connectivity index (χ4n) is 1.88. The normalized spacial score (nSPS) is 12.2. The van der Waals surface area contributed by atoms with Crippen molar-refractivity contribution >= 4 is 45.4 Å². The molecule has 0 spiro atoms. The predicted octanol–water partition coefficient (Wildman–Crippen LogP) is 4.81. The van der Waals surface area contributed by atoms with E-state index in [1.807, 2.05) is 0 Å². The monoisotopic (exact) mass is 369 g/mol. The van der Waals surface area contributed by atoms with Crippen LogP contribution < -0.4 is 5.32 Å². The lowest BCUT2D eigenvalue weighted by molar-refractivity contribution is 0.219. The van der Waals surface area contributed by atoms with Gasteiger partial charge in [0, 0.05) is 10.7 Å². The first-order valence-electron chi connectivity index (χ1n) is 6.52. The Morgan fingerprint density at radius 3 is 2.52 bits per heavy atom. The molecule has 118 valence electrons. The molecule has 0 radical (unpaired) electrons. The number of aliphatic hydroxyl groups is 1. The molecule has 23 heavy (non-hydrogen) atoms. The van der Waals surface area contributed by atoms with Crippen LogP contribution in [0.25, 0.3) is 0 Å². The van der Waals surface area contributed by atoms with Crippen molar-refractivity contribution in [3.63, 3.8) is 0 Å². The van der Waals surface area contributed by atoms with Gasteiger partial charge >= 0.3 is 0 Å². The van der Waals surface area contributed by atoms with Crippen molar-refractivity contribution < 1.29 is 9.50 Å². The molecule has 0 aliphatic rings. The molecule has 2 N–H and O–H groups in total. The van der Waals surface area contributed by atoms with Gasteiger partial charge in [-0.2, -0.15) is 0 Å². The number of hydrogen-bond acceptors (Lipinski definition) is 5. The van der Waals surface area contributed by atoms with Crippen molar-refractivity contribution in [3.8, 4) is 0 Å². The van der Waals surface area contributed by atoms with Crippen LogP contribution in [0.5, 0.6) is 0 Å². The molecule has 4 nitrogen and oxygen atoms in total. The fraction of sp³-hybridized carbons (Fsp3) is 0.0667. The average molecular weight is 370 g/mol. The second-order valence-corrected chi connectivity index (χ2v) is 6.51. The lowest BCUT2D eigenvalue weighted by atomic mass is 10.1. The average Bonchev–Trinajstić information content (AvgIpc) is 2.99. The Bertz CT molecular complexity index is 826. The fourth-order valence-corrected chi connectivity index (χ4v) is 2.97. The van der Waals surface area contributed by atoms with Crippen molar-refractivity contribution in [1.29, 1.82) is 0 Å². The highest BCUT2D eigenvalue weighted by molar-refractivity contribution is 7.15. The number of aliphatic hydroxyl groups excluding tert-OH is 1. The van der Waals surface area contributed by atoms with Crippen molar-refractivity contribution in [2.75, 3.05) is 5.32 Å². The summed E-state index contributed by atoms with van der Waals surface area (Å²) >= 11 is 12.7. The molecule has 3 aromatic rings. The largest absolute Gasteiger partial charge is 0.381 e. The summed E-state index contributed by atoms with van der Waals surface area (Å²) in [5, 5.41) is 22.7. The van der Waals surface area contributed by atoms with Gasteiger partial charge in [0.2, 0.25) is 5.13 Å². The van der Waals surface area contributed by atoms with Crippen LogP contribution in [-0.2, 0) is 0 Å². The second-order valence-electron chi connectivity index (χ2n) is 4.65. The Morgan fingerprint density at radius 1 is 1.09 bits per heavy atom. The Labute approximate surface area is 145 Å². The van der Waals surface area contributed by atoms with Crippen LogP contribution in [0.3, 0.4) is 0 Å². The van der Waals surface area contributed by atoms with E-state index in [0.717, 1.165) is 0 Å². The lowest BCUT2D eigenvalue weighted by Gasteiger charge is -2.06. The zero-order valence-corrected chi connectivity index (χ0v) is 13.8. The van der Waals surface area contributed by atoms with E-state index in [4.69, 9.17) is 23.2 Å². The van der Waals surface area contributed by atoms with Gasteiger partial charge < -0.3 is 10.4 Å². The van der Waals surface area contributed by atoms with E-state index >= 15 is 0 Å². The van der Waals surface area contributed by atoms with Crippen molar-refractivity contribution in [3.05, 3.63) is 68.9 Å². The van der Waals surface area contributed by atoms with Gasteiger partial charge in [-0.1, -0.05) is 46.7 Å². The number of nitrogens with zero attached hydrogens (tertiary/aromatic N) is 2. The molecule has 0 aliphatic carbocycles. The lowest BCUT2D eigenvalue weighted by Crippen LogP contribution is -1.98. The molecule has 0 saturated carbocycles. The minimum Gasteiger partial charge on any atom is -0.381 e. The van der Waals surface area contributed by atoms with E-state index in [9.17, 15) is 9.50 Å². The third-order valence-electron chi connectivity index (χ3n) is 3.03. The molecule has 2 aromatic carbocycles. The minimum absolute atomic E-state index is 0.0148. The Morgan fingerprint density at radius 2 is 1.83 bits per heavy atom. The van der Waals surface area contributed by atoms with Crippen LogP contribution in [0.15, 0.2) is 42.5 Å². The number of nitrogens with one attached hydrogen (secondary N) is 1. The molecule has 8 heteroatoms. The third-order valence-corrected chi connectivity index (χ3v) is 4.46. The number of aromatic nitrogens is 2. The van der Waals surface area contributed by atoms with Crippen molar-refractivity contribution in [2.24, 2.45) is 0 Å². The van der Waals surface area contributed by atoms with Gasteiger partial charge in [-0.25, -0.2) is 4.39 Å². The van der Waals surface area contributed by atoms with Crippen LogP contribution in [0, 0.1) is 5.82 Å². The summed E-state index contributed by atoms with van der Waals surface area (Å²) in [5.74, 6) is -0.492. The van der Waals surface area contributed by atoms with Crippen molar-refractivity contribution in [1.82, 2.24) is 10.2 Å².